The maximum absolute atomic E-state index is 12.8. The van der Waals surface area contributed by atoms with Crippen LogP contribution in [0.15, 0.2) is 42.6 Å². The van der Waals surface area contributed by atoms with Crippen molar-refractivity contribution < 1.29 is 9.59 Å². The van der Waals surface area contributed by atoms with E-state index in [0.29, 0.717) is 24.3 Å². The number of carbonyl (C=O) groups excluding carboxylic acids is 2. The Kier molecular flexibility index (Phi) is 4.89. The molecule has 24 heavy (non-hydrogen) atoms. The molecule has 0 atom stereocenters. The highest BCUT2D eigenvalue weighted by atomic mass is 16.2. The number of fused-ring (bicyclic) bond motifs is 1. The molecule has 2 amide bonds. The van der Waals surface area contributed by atoms with Crippen LogP contribution in [0.2, 0.25) is 0 Å². The molecule has 1 N–H and O–H groups in total. The first-order valence-corrected chi connectivity index (χ1v) is 8.34. The smallest absolute Gasteiger partial charge is 0.276 e. The van der Waals surface area contributed by atoms with E-state index < -0.39 is 0 Å². The van der Waals surface area contributed by atoms with E-state index in [-0.39, 0.29) is 11.8 Å². The molecule has 0 saturated carbocycles. The van der Waals surface area contributed by atoms with Gasteiger partial charge in [-0.05, 0) is 36.6 Å². The van der Waals surface area contributed by atoms with Gasteiger partial charge in [0.2, 0.25) is 0 Å². The van der Waals surface area contributed by atoms with Gasteiger partial charge in [-0.2, -0.15) is 0 Å². The molecule has 0 spiro atoms. The molecule has 0 saturated heterocycles. The lowest BCUT2D eigenvalue weighted by Crippen LogP contribution is -2.30. The molecule has 1 aliphatic heterocycles. The molecular formula is C19H21N3O2. The molecule has 0 aliphatic carbocycles. The Bertz CT molecular complexity index is 758. The number of anilines is 1. The molecule has 0 bridgehead atoms. The first-order valence-electron chi connectivity index (χ1n) is 8.34. The molecule has 2 aromatic rings. The summed E-state index contributed by atoms with van der Waals surface area (Å²) in [6.45, 7) is 3.36. The molecule has 0 fully saturated rings. The third kappa shape index (κ3) is 3.30. The maximum atomic E-state index is 12.8. The van der Waals surface area contributed by atoms with Crippen LogP contribution in [0.3, 0.4) is 0 Å². The van der Waals surface area contributed by atoms with Gasteiger partial charge in [-0.15, -0.1) is 0 Å². The minimum atomic E-state index is -0.165. The van der Waals surface area contributed by atoms with Crippen LogP contribution >= 0.6 is 0 Å². The standard InChI is InChI=1S/C19H21N3O2/c1-2-3-10-21-18(23)15-8-11-20-16(13-15)19(24)22-12-9-14-6-4-5-7-17(14)22/h4-8,11,13H,2-3,9-10,12H2,1H3,(H,21,23). The summed E-state index contributed by atoms with van der Waals surface area (Å²) in [6, 6.07) is 11.1. The van der Waals surface area contributed by atoms with Gasteiger partial charge in [0, 0.05) is 30.5 Å². The number of carbonyl (C=O) groups is 2. The number of aromatic nitrogens is 1. The molecule has 124 valence electrons. The molecule has 2 heterocycles. The lowest BCUT2D eigenvalue weighted by molar-refractivity contribution is 0.0953. The van der Waals surface area contributed by atoms with Crippen LogP contribution in [-0.4, -0.2) is 29.9 Å². The highest BCUT2D eigenvalue weighted by Crippen LogP contribution is 2.28. The van der Waals surface area contributed by atoms with E-state index in [1.807, 2.05) is 24.3 Å². The minimum absolute atomic E-state index is 0.164. The number of hydrogen-bond acceptors (Lipinski definition) is 3. The van der Waals surface area contributed by atoms with Crippen LogP contribution in [0.1, 0.15) is 46.2 Å². The van der Waals surface area contributed by atoms with E-state index in [2.05, 4.69) is 17.2 Å². The number of nitrogens with one attached hydrogen (secondary N) is 1. The summed E-state index contributed by atoms with van der Waals surface area (Å²) in [5.74, 6) is -0.329. The second-order valence-corrected chi connectivity index (χ2v) is 5.87. The van der Waals surface area contributed by atoms with Gasteiger partial charge in [-0.1, -0.05) is 31.5 Å². The summed E-state index contributed by atoms with van der Waals surface area (Å²) in [7, 11) is 0. The van der Waals surface area contributed by atoms with E-state index in [1.54, 1.807) is 17.0 Å². The molecular weight excluding hydrogens is 302 g/mol. The molecule has 0 unspecified atom stereocenters. The monoisotopic (exact) mass is 323 g/mol. The minimum Gasteiger partial charge on any atom is -0.352 e. The Morgan fingerprint density at radius 3 is 2.92 bits per heavy atom. The largest absolute Gasteiger partial charge is 0.352 e. The Hall–Kier alpha value is -2.69. The Balaban J connectivity index is 1.77. The summed E-state index contributed by atoms with van der Waals surface area (Å²) >= 11 is 0. The van der Waals surface area contributed by atoms with Gasteiger partial charge < -0.3 is 10.2 Å². The first-order chi connectivity index (χ1) is 11.7. The number of hydrogen-bond donors (Lipinski definition) is 1. The van der Waals surface area contributed by atoms with E-state index in [0.717, 1.165) is 24.9 Å². The third-order valence-electron chi connectivity index (χ3n) is 4.19. The quantitative estimate of drug-likeness (QED) is 0.861. The summed E-state index contributed by atoms with van der Waals surface area (Å²) in [4.78, 5) is 30.8. The van der Waals surface area contributed by atoms with E-state index in [9.17, 15) is 9.59 Å². The molecule has 1 aromatic heterocycles. The number of para-hydroxylation sites is 1. The van der Waals surface area contributed by atoms with Gasteiger partial charge >= 0.3 is 0 Å². The summed E-state index contributed by atoms with van der Waals surface area (Å²) < 4.78 is 0. The van der Waals surface area contributed by atoms with E-state index in [4.69, 9.17) is 0 Å². The molecule has 3 rings (SSSR count). The molecule has 5 nitrogen and oxygen atoms in total. The summed E-state index contributed by atoms with van der Waals surface area (Å²) in [5, 5.41) is 2.86. The number of benzene rings is 1. The van der Waals surface area contributed by atoms with Crippen LogP contribution in [0, 0.1) is 0 Å². The fraction of sp³-hybridized carbons (Fsp3) is 0.316. The van der Waals surface area contributed by atoms with Crippen LogP contribution in [0.5, 0.6) is 0 Å². The topological polar surface area (TPSA) is 62.3 Å². The van der Waals surface area contributed by atoms with Crippen molar-refractivity contribution in [2.75, 3.05) is 18.0 Å². The summed E-state index contributed by atoms with van der Waals surface area (Å²) in [5.41, 5.74) is 2.87. The van der Waals surface area contributed by atoms with Gasteiger partial charge in [-0.3, -0.25) is 14.6 Å². The molecule has 0 radical (unpaired) electrons. The first kappa shape index (κ1) is 16.2. The van der Waals surface area contributed by atoms with Gasteiger partial charge in [0.15, 0.2) is 0 Å². The van der Waals surface area contributed by atoms with Crippen molar-refractivity contribution in [3.63, 3.8) is 0 Å². The van der Waals surface area contributed by atoms with Crippen LogP contribution in [-0.2, 0) is 6.42 Å². The predicted octanol–water partition coefficient (Wildman–Crippen LogP) is 2.81. The zero-order valence-corrected chi connectivity index (χ0v) is 13.8. The normalized spacial score (nSPS) is 12.8. The Labute approximate surface area is 141 Å². The van der Waals surface area contributed by atoms with Crippen molar-refractivity contribution in [1.82, 2.24) is 10.3 Å². The van der Waals surface area contributed by atoms with E-state index in [1.165, 1.54) is 11.8 Å². The van der Waals surface area contributed by atoms with Crippen molar-refractivity contribution >= 4 is 17.5 Å². The molecule has 5 heteroatoms. The number of amides is 2. The fourth-order valence-corrected chi connectivity index (χ4v) is 2.86. The van der Waals surface area contributed by atoms with Crippen LogP contribution in [0.25, 0.3) is 0 Å². The van der Waals surface area contributed by atoms with Crippen LogP contribution < -0.4 is 10.2 Å². The van der Waals surface area contributed by atoms with Crippen LogP contribution in [0.4, 0.5) is 5.69 Å². The average Bonchev–Trinajstić information content (AvgIpc) is 3.05. The van der Waals surface area contributed by atoms with Crippen molar-refractivity contribution in [3.8, 4) is 0 Å². The second-order valence-electron chi connectivity index (χ2n) is 5.87. The zero-order chi connectivity index (χ0) is 16.9. The van der Waals surface area contributed by atoms with Crippen molar-refractivity contribution in [2.24, 2.45) is 0 Å². The van der Waals surface area contributed by atoms with Gasteiger partial charge in [0.25, 0.3) is 11.8 Å². The fourth-order valence-electron chi connectivity index (χ4n) is 2.86. The van der Waals surface area contributed by atoms with Crippen molar-refractivity contribution in [2.45, 2.75) is 26.2 Å². The second kappa shape index (κ2) is 7.25. The SMILES string of the molecule is CCCCNC(=O)c1ccnc(C(=O)N2CCc3ccccc32)c1. The Morgan fingerprint density at radius 1 is 1.25 bits per heavy atom. The Morgan fingerprint density at radius 2 is 2.08 bits per heavy atom. The number of unbranched alkanes of at least 4 members (excludes halogenated alkanes) is 1. The maximum Gasteiger partial charge on any atom is 0.276 e. The predicted molar refractivity (Wildman–Crippen MR) is 93.3 cm³/mol. The van der Waals surface area contributed by atoms with Crippen molar-refractivity contribution in [1.29, 1.82) is 0 Å². The van der Waals surface area contributed by atoms with E-state index >= 15 is 0 Å². The molecule has 1 aromatic carbocycles. The number of pyridine rings is 1. The van der Waals surface area contributed by atoms with Gasteiger partial charge in [-0.25, -0.2) is 0 Å². The highest BCUT2D eigenvalue weighted by molar-refractivity contribution is 6.07. The van der Waals surface area contributed by atoms with Crippen molar-refractivity contribution in [3.05, 3.63) is 59.4 Å². The average molecular weight is 323 g/mol. The van der Waals surface area contributed by atoms with Gasteiger partial charge in [0.05, 0.1) is 0 Å². The third-order valence-corrected chi connectivity index (χ3v) is 4.19. The number of nitrogens with zero attached hydrogens (tertiary/aromatic N) is 2. The zero-order valence-electron chi connectivity index (χ0n) is 13.8. The lowest BCUT2D eigenvalue weighted by atomic mass is 10.1. The van der Waals surface area contributed by atoms with Gasteiger partial charge in [0.1, 0.15) is 5.69 Å². The highest BCUT2D eigenvalue weighted by Gasteiger charge is 2.26. The summed E-state index contributed by atoms with van der Waals surface area (Å²) in [6.07, 6.45) is 4.32. The lowest BCUT2D eigenvalue weighted by Gasteiger charge is -2.17. The number of rotatable bonds is 5. The molecule has 1 aliphatic rings.